The third-order valence-electron chi connectivity index (χ3n) is 4.15. The van der Waals surface area contributed by atoms with Gasteiger partial charge in [-0.3, -0.25) is 9.59 Å². The van der Waals surface area contributed by atoms with Crippen molar-refractivity contribution < 1.29 is 9.59 Å². The summed E-state index contributed by atoms with van der Waals surface area (Å²) < 4.78 is 0. The highest BCUT2D eigenvalue weighted by Crippen LogP contribution is 2.36. The minimum absolute atomic E-state index is 0.107. The van der Waals surface area contributed by atoms with E-state index >= 15 is 0 Å². The molecular weight excluding hydrogens is 254 g/mol. The predicted molar refractivity (Wildman–Crippen MR) is 75.7 cm³/mol. The summed E-state index contributed by atoms with van der Waals surface area (Å²) in [6, 6.07) is 8.10. The number of amides is 2. The molecule has 0 bridgehead atoms. The van der Waals surface area contributed by atoms with E-state index in [2.05, 4.69) is 24.0 Å². The Hall–Kier alpha value is -2.14. The molecule has 5 nitrogen and oxygen atoms in total. The van der Waals surface area contributed by atoms with Crippen LogP contribution in [0.15, 0.2) is 24.3 Å². The molecule has 1 aliphatic heterocycles. The van der Waals surface area contributed by atoms with Gasteiger partial charge in [0.25, 0.3) is 5.91 Å². The smallest absolute Gasteiger partial charge is 0.255 e. The van der Waals surface area contributed by atoms with Crippen LogP contribution in [0.4, 0.5) is 0 Å². The number of nitrogens with two attached hydrogens (primary N) is 1. The fourth-order valence-corrected chi connectivity index (χ4v) is 2.75. The molecule has 1 fully saturated rings. The number of imide groups is 1. The van der Waals surface area contributed by atoms with Crippen molar-refractivity contribution in [2.24, 2.45) is 5.84 Å². The van der Waals surface area contributed by atoms with Gasteiger partial charge >= 0.3 is 0 Å². The number of nitrogens with one attached hydrogen (secondary N) is 1. The molecule has 1 aromatic heterocycles. The molecule has 0 saturated carbocycles. The number of aryl methyl sites for hydroxylation is 1. The molecule has 1 atom stereocenters. The van der Waals surface area contributed by atoms with Crippen LogP contribution in [0.1, 0.15) is 31.5 Å². The molecule has 20 heavy (non-hydrogen) atoms. The van der Waals surface area contributed by atoms with Gasteiger partial charge in [-0.15, -0.1) is 0 Å². The zero-order chi connectivity index (χ0) is 14.5. The number of hydrogen-bond donors (Lipinski definition) is 2. The molecule has 104 valence electrons. The second kappa shape index (κ2) is 4.18. The van der Waals surface area contributed by atoms with Crippen molar-refractivity contribution in [3.05, 3.63) is 35.5 Å². The van der Waals surface area contributed by atoms with Gasteiger partial charge in [0.15, 0.2) is 0 Å². The second-order valence-electron chi connectivity index (χ2n) is 5.54. The van der Waals surface area contributed by atoms with E-state index in [1.807, 2.05) is 12.1 Å². The highest BCUT2D eigenvalue weighted by Gasteiger charge is 2.49. The van der Waals surface area contributed by atoms with Crippen LogP contribution in [0.3, 0.4) is 0 Å². The van der Waals surface area contributed by atoms with Crippen molar-refractivity contribution in [2.75, 3.05) is 0 Å². The second-order valence-corrected chi connectivity index (χ2v) is 5.54. The van der Waals surface area contributed by atoms with Crippen LogP contribution in [0.25, 0.3) is 10.9 Å². The normalized spacial score (nSPS) is 23.1. The van der Waals surface area contributed by atoms with Gasteiger partial charge in [-0.25, -0.2) is 10.9 Å². The molecule has 2 heterocycles. The Kier molecular flexibility index (Phi) is 2.69. The lowest BCUT2D eigenvalue weighted by Crippen LogP contribution is -2.41. The molecule has 0 aliphatic carbocycles. The van der Waals surface area contributed by atoms with Gasteiger partial charge in [0.05, 0.1) is 5.41 Å². The molecule has 1 saturated heterocycles. The lowest BCUT2D eigenvalue weighted by molar-refractivity contribution is -0.140. The van der Waals surface area contributed by atoms with Crippen molar-refractivity contribution in [3.8, 4) is 0 Å². The Morgan fingerprint density at radius 1 is 1.35 bits per heavy atom. The van der Waals surface area contributed by atoms with Crippen LogP contribution in [0.2, 0.25) is 0 Å². The third kappa shape index (κ3) is 1.67. The minimum atomic E-state index is -0.892. The van der Waals surface area contributed by atoms with Crippen LogP contribution in [0, 0.1) is 0 Å². The first-order valence-electron chi connectivity index (χ1n) is 6.70. The number of benzene rings is 1. The van der Waals surface area contributed by atoms with Crippen molar-refractivity contribution in [1.29, 1.82) is 0 Å². The zero-order valence-corrected chi connectivity index (χ0v) is 11.6. The largest absolute Gasteiger partial charge is 0.357 e. The minimum Gasteiger partial charge on any atom is -0.357 e. The van der Waals surface area contributed by atoms with Gasteiger partial charge in [-0.2, -0.15) is 0 Å². The van der Waals surface area contributed by atoms with Gasteiger partial charge < -0.3 is 4.98 Å². The topological polar surface area (TPSA) is 79.2 Å². The fourth-order valence-electron chi connectivity index (χ4n) is 2.75. The van der Waals surface area contributed by atoms with Gasteiger partial charge in [0, 0.05) is 17.6 Å². The summed E-state index contributed by atoms with van der Waals surface area (Å²) in [4.78, 5) is 27.1. The first-order chi connectivity index (χ1) is 9.45. The number of aromatic nitrogens is 1. The van der Waals surface area contributed by atoms with Crippen molar-refractivity contribution in [1.82, 2.24) is 9.99 Å². The van der Waals surface area contributed by atoms with Crippen LogP contribution in [-0.4, -0.2) is 21.8 Å². The maximum Gasteiger partial charge on any atom is 0.255 e. The summed E-state index contributed by atoms with van der Waals surface area (Å²) in [6.07, 6.45) is 1.07. The maximum absolute atomic E-state index is 12.2. The maximum atomic E-state index is 12.2. The van der Waals surface area contributed by atoms with Crippen molar-refractivity contribution in [2.45, 2.75) is 32.1 Å². The summed E-state index contributed by atoms with van der Waals surface area (Å²) in [5, 5.41) is 1.78. The summed E-state index contributed by atoms with van der Waals surface area (Å²) in [7, 11) is 0. The number of carbonyl (C=O) groups excluding carboxylic acids is 2. The lowest BCUT2D eigenvalue weighted by atomic mass is 9.85. The fraction of sp³-hybridized carbons (Fsp3) is 0.333. The molecule has 1 unspecified atom stereocenters. The molecule has 1 aromatic carbocycles. The van der Waals surface area contributed by atoms with Crippen molar-refractivity contribution in [3.63, 3.8) is 0 Å². The molecule has 0 radical (unpaired) electrons. The number of carbonyl (C=O) groups is 2. The Morgan fingerprint density at radius 2 is 2.10 bits per heavy atom. The molecule has 3 rings (SSSR count). The van der Waals surface area contributed by atoms with E-state index in [0.29, 0.717) is 0 Å². The Labute approximate surface area is 116 Å². The van der Waals surface area contributed by atoms with E-state index in [1.54, 1.807) is 6.92 Å². The van der Waals surface area contributed by atoms with Crippen LogP contribution < -0.4 is 5.84 Å². The number of rotatable bonds is 2. The first-order valence-corrected chi connectivity index (χ1v) is 6.70. The highest BCUT2D eigenvalue weighted by atomic mass is 16.2. The number of aromatic amines is 1. The van der Waals surface area contributed by atoms with Gasteiger partial charge in [-0.05, 0) is 42.5 Å². The number of nitrogens with zero attached hydrogens (tertiary/aromatic N) is 1. The third-order valence-corrected chi connectivity index (χ3v) is 4.15. The molecule has 2 amide bonds. The Bertz CT molecular complexity index is 719. The molecule has 0 spiro atoms. The Morgan fingerprint density at radius 3 is 2.70 bits per heavy atom. The summed E-state index contributed by atoms with van der Waals surface area (Å²) >= 11 is 0. The number of H-pyrrole nitrogens is 1. The molecule has 5 heteroatoms. The lowest BCUT2D eigenvalue weighted by Gasteiger charge is -2.18. The van der Waals surface area contributed by atoms with E-state index in [1.165, 1.54) is 5.56 Å². The highest BCUT2D eigenvalue weighted by molar-refractivity contribution is 6.08. The van der Waals surface area contributed by atoms with E-state index in [-0.39, 0.29) is 18.2 Å². The van der Waals surface area contributed by atoms with Crippen molar-refractivity contribution >= 4 is 22.7 Å². The van der Waals surface area contributed by atoms with Gasteiger partial charge in [0.1, 0.15) is 0 Å². The van der Waals surface area contributed by atoms with Crippen LogP contribution in [-0.2, 0) is 21.4 Å². The van der Waals surface area contributed by atoms with Gasteiger partial charge in [-0.1, -0.05) is 13.0 Å². The number of fused-ring (bicyclic) bond motifs is 1. The monoisotopic (exact) mass is 271 g/mol. The standard InChI is InChI=1S/C15H17N3O2/c1-3-9-4-5-11-10(6-9)7-12(17-11)15(2)8-13(19)18(16)14(15)20/h4-7,17H,3,8,16H2,1-2H3. The molecule has 3 N–H and O–H groups in total. The molecule has 2 aromatic rings. The number of hydrogen-bond acceptors (Lipinski definition) is 3. The Balaban J connectivity index is 2.10. The summed E-state index contributed by atoms with van der Waals surface area (Å²) in [5.74, 6) is 4.80. The van der Waals surface area contributed by atoms with E-state index in [9.17, 15) is 9.59 Å². The molecular formula is C15H17N3O2. The number of hydrazine groups is 1. The van der Waals surface area contributed by atoms with Crippen LogP contribution >= 0.6 is 0 Å². The predicted octanol–water partition coefficient (Wildman–Crippen LogP) is 1.62. The zero-order valence-electron chi connectivity index (χ0n) is 11.6. The summed E-state index contributed by atoms with van der Waals surface area (Å²) in [5.41, 5.74) is 2.06. The van der Waals surface area contributed by atoms with E-state index in [0.717, 1.165) is 28.0 Å². The SMILES string of the molecule is CCc1ccc2[nH]c(C3(C)CC(=O)N(N)C3=O)cc2c1. The van der Waals surface area contributed by atoms with Gasteiger partial charge in [0.2, 0.25) is 5.91 Å². The van der Waals surface area contributed by atoms with Crippen LogP contribution in [0.5, 0.6) is 0 Å². The van der Waals surface area contributed by atoms with E-state index in [4.69, 9.17) is 5.84 Å². The first kappa shape index (κ1) is 12.9. The summed E-state index contributed by atoms with van der Waals surface area (Å²) in [6.45, 7) is 3.85. The average molecular weight is 271 g/mol. The molecule has 1 aliphatic rings. The average Bonchev–Trinajstić information content (AvgIpc) is 2.95. The quantitative estimate of drug-likeness (QED) is 0.495. The van der Waals surface area contributed by atoms with E-state index < -0.39 is 5.41 Å².